The molecule has 0 spiro atoms. The molecule has 1 aromatic carbocycles. The summed E-state index contributed by atoms with van der Waals surface area (Å²) in [6.45, 7) is 0. The van der Waals surface area contributed by atoms with Gasteiger partial charge in [-0.05, 0) is 18.2 Å². The highest BCUT2D eigenvalue weighted by molar-refractivity contribution is 8.06. The second-order valence-electron chi connectivity index (χ2n) is 4.32. The number of benzene rings is 1. The van der Waals surface area contributed by atoms with Crippen LogP contribution in [0.3, 0.4) is 0 Å². The van der Waals surface area contributed by atoms with E-state index in [-0.39, 0.29) is 17.8 Å². The number of alkyl halides is 2. The number of nitrogens with one attached hydrogen (secondary N) is 2. The van der Waals surface area contributed by atoms with Gasteiger partial charge in [0.2, 0.25) is 0 Å². The number of hydrogen-bond acceptors (Lipinski definition) is 2. The van der Waals surface area contributed by atoms with E-state index in [1.807, 2.05) is 0 Å². The van der Waals surface area contributed by atoms with Gasteiger partial charge < -0.3 is 9.87 Å². The SMILES string of the molecule is N=C(/N=C1\N[C@H](c2cc(F)ccc2F)C[C@@H]1F)[S@+]([O-])CF. The fraction of sp³-hybridized carbons (Fsp3) is 0.333. The van der Waals surface area contributed by atoms with Crippen molar-refractivity contribution in [2.24, 2.45) is 4.99 Å². The first kappa shape index (κ1) is 15.8. The van der Waals surface area contributed by atoms with Crippen molar-refractivity contribution < 1.29 is 22.1 Å². The molecule has 0 unspecified atom stereocenters. The maximum Gasteiger partial charge on any atom is 0.339 e. The molecule has 4 nitrogen and oxygen atoms in total. The highest BCUT2D eigenvalue weighted by Gasteiger charge is 2.34. The highest BCUT2D eigenvalue weighted by Crippen LogP contribution is 2.29. The molecule has 1 heterocycles. The first-order valence-electron chi connectivity index (χ1n) is 5.89. The first-order chi connectivity index (χ1) is 9.92. The molecule has 0 amide bonds. The van der Waals surface area contributed by atoms with Crippen LogP contribution in [0, 0.1) is 17.0 Å². The van der Waals surface area contributed by atoms with Crippen molar-refractivity contribution in [1.29, 1.82) is 5.41 Å². The molecular weight excluding hydrogens is 310 g/mol. The Labute approximate surface area is 121 Å². The van der Waals surface area contributed by atoms with Crippen LogP contribution in [0.1, 0.15) is 18.0 Å². The van der Waals surface area contributed by atoms with Crippen molar-refractivity contribution in [2.75, 3.05) is 6.01 Å². The zero-order chi connectivity index (χ0) is 15.6. The predicted molar refractivity (Wildman–Crippen MR) is 71.0 cm³/mol. The largest absolute Gasteiger partial charge is 0.607 e. The molecule has 1 aromatic rings. The van der Waals surface area contributed by atoms with E-state index in [4.69, 9.17) is 5.41 Å². The summed E-state index contributed by atoms with van der Waals surface area (Å²) >= 11 is -2.26. The maximum absolute atomic E-state index is 13.8. The zero-order valence-electron chi connectivity index (χ0n) is 10.6. The van der Waals surface area contributed by atoms with Crippen molar-refractivity contribution in [3.05, 3.63) is 35.4 Å². The average Bonchev–Trinajstić information content (AvgIpc) is 2.81. The third kappa shape index (κ3) is 3.53. The van der Waals surface area contributed by atoms with Crippen LogP contribution in [-0.4, -0.2) is 27.7 Å². The normalized spacial score (nSPS) is 24.9. The number of aliphatic imine (C=N–C) groups is 1. The summed E-state index contributed by atoms with van der Waals surface area (Å²) in [5.41, 5.74) is -0.0685. The fourth-order valence-electron chi connectivity index (χ4n) is 1.95. The zero-order valence-corrected chi connectivity index (χ0v) is 11.4. The lowest BCUT2D eigenvalue weighted by Crippen LogP contribution is -2.26. The summed E-state index contributed by atoms with van der Waals surface area (Å²) in [5, 5.41) is 8.92. The van der Waals surface area contributed by atoms with Crippen LogP contribution in [0.2, 0.25) is 0 Å². The van der Waals surface area contributed by atoms with Crippen molar-refractivity contribution in [3.8, 4) is 0 Å². The Morgan fingerprint density at radius 2 is 2.19 bits per heavy atom. The quantitative estimate of drug-likeness (QED) is 0.380. The summed E-state index contributed by atoms with van der Waals surface area (Å²) in [5.74, 6) is -1.71. The predicted octanol–water partition coefficient (Wildman–Crippen LogP) is 2.35. The number of rotatable bonds is 2. The second-order valence-corrected chi connectivity index (χ2v) is 5.62. The van der Waals surface area contributed by atoms with Crippen LogP contribution < -0.4 is 5.32 Å². The van der Waals surface area contributed by atoms with E-state index >= 15 is 0 Å². The molecule has 21 heavy (non-hydrogen) atoms. The van der Waals surface area contributed by atoms with Gasteiger partial charge in [0.05, 0.1) is 17.2 Å². The Morgan fingerprint density at radius 3 is 2.86 bits per heavy atom. The van der Waals surface area contributed by atoms with E-state index in [1.54, 1.807) is 0 Å². The van der Waals surface area contributed by atoms with Crippen LogP contribution >= 0.6 is 0 Å². The summed E-state index contributed by atoms with van der Waals surface area (Å²) in [4.78, 5) is 3.41. The van der Waals surface area contributed by atoms with Gasteiger partial charge in [0.1, 0.15) is 17.5 Å². The Kier molecular flexibility index (Phi) is 4.84. The monoisotopic (exact) mass is 321 g/mol. The van der Waals surface area contributed by atoms with Gasteiger partial charge in [-0.2, -0.15) is 9.38 Å². The third-order valence-electron chi connectivity index (χ3n) is 2.93. The van der Waals surface area contributed by atoms with Gasteiger partial charge >= 0.3 is 5.17 Å². The highest BCUT2D eigenvalue weighted by atomic mass is 32.2. The van der Waals surface area contributed by atoms with Gasteiger partial charge in [-0.1, -0.05) is 0 Å². The molecule has 114 valence electrons. The summed E-state index contributed by atoms with van der Waals surface area (Å²) in [7, 11) is 0. The fourth-order valence-corrected chi connectivity index (χ4v) is 2.25. The molecule has 3 atom stereocenters. The van der Waals surface area contributed by atoms with E-state index in [0.29, 0.717) is 0 Å². The van der Waals surface area contributed by atoms with Crippen LogP contribution in [0.15, 0.2) is 23.2 Å². The lowest BCUT2D eigenvalue weighted by molar-refractivity contribution is 0.402. The van der Waals surface area contributed by atoms with Crippen molar-refractivity contribution in [3.63, 3.8) is 0 Å². The van der Waals surface area contributed by atoms with Crippen LogP contribution in [0.5, 0.6) is 0 Å². The van der Waals surface area contributed by atoms with Crippen LogP contribution in [0.25, 0.3) is 0 Å². The Balaban J connectivity index is 2.19. The van der Waals surface area contributed by atoms with Gasteiger partial charge in [0.25, 0.3) is 6.01 Å². The summed E-state index contributed by atoms with van der Waals surface area (Å²) in [6, 6.07) is 0.647. The minimum atomic E-state index is -2.26. The van der Waals surface area contributed by atoms with E-state index in [2.05, 4.69) is 10.3 Å². The molecule has 9 heteroatoms. The Bertz CT molecular complexity index is 584. The number of hydrogen-bond donors (Lipinski definition) is 2. The molecule has 0 saturated carbocycles. The minimum Gasteiger partial charge on any atom is -0.607 e. The Hall–Kier alpha value is -1.61. The van der Waals surface area contributed by atoms with Crippen molar-refractivity contribution >= 4 is 22.2 Å². The number of halogens is 4. The lowest BCUT2D eigenvalue weighted by atomic mass is 10.0. The third-order valence-corrected chi connectivity index (χ3v) is 3.65. The molecule has 2 N–H and O–H groups in total. The standard InChI is InChI=1S/C12H11F4N3OS/c13-5-21(20)12(17)19-11-9(16)4-10(18-11)7-3-6(14)1-2-8(7)15/h1-3,9-10H,4-5H2,(H2,17,18,19)/t9-,10-,21+/m0/s1. The molecule has 2 rings (SSSR count). The summed E-state index contributed by atoms with van der Waals surface area (Å²) < 4.78 is 63.7. The van der Waals surface area contributed by atoms with Crippen molar-refractivity contribution in [2.45, 2.75) is 18.6 Å². The van der Waals surface area contributed by atoms with E-state index in [0.717, 1.165) is 18.2 Å². The summed E-state index contributed by atoms with van der Waals surface area (Å²) in [6.07, 6.45) is -1.87. The average molecular weight is 321 g/mol. The van der Waals surface area contributed by atoms with E-state index in [9.17, 15) is 22.1 Å². The van der Waals surface area contributed by atoms with Gasteiger partial charge in [0, 0.05) is 12.0 Å². The molecule has 1 fully saturated rings. The van der Waals surface area contributed by atoms with Crippen LogP contribution in [-0.2, 0) is 11.2 Å². The first-order valence-corrected chi connectivity index (χ1v) is 7.21. The Morgan fingerprint density at radius 1 is 1.48 bits per heavy atom. The molecule has 0 aliphatic carbocycles. The maximum atomic E-state index is 13.8. The van der Waals surface area contributed by atoms with E-state index in [1.165, 1.54) is 0 Å². The molecule has 0 radical (unpaired) electrons. The van der Waals surface area contributed by atoms with Crippen molar-refractivity contribution in [1.82, 2.24) is 5.32 Å². The van der Waals surface area contributed by atoms with Gasteiger partial charge in [-0.25, -0.2) is 18.6 Å². The van der Waals surface area contributed by atoms with Gasteiger partial charge in [0.15, 0.2) is 6.17 Å². The van der Waals surface area contributed by atoms with Gasteiger partial charge in [-0.3, -0.25) is 0 Å². The van der Waals surface area contributed by atoms with Gasteiger partial charge in [-0.15, -0.1) is 0 Å². The molecular formula is C12H11F4N3OS. The topological polar surface area (TPSA) is 71.3 Å². The smallest absolute Gasteiger partial charge is 0.339 e. The van der Waals surface area contributed by atoms with Crippen LogP contribution in [0.4, 0.5) is 17.6 Å². The second kappa shape index (κ2) is 6.44. The lowest BCUT2D eigenvalue weighted by Gasteiger charge is -2.11. The molecule has 0 bridgehead atoms. The molecule has 1 saturated heterocycles. The number of amidine groups is 2. The molecule has 1 aliphatic heterocycles. The van der Waals surface area contributed by atoms with E-state index < -0.39 is 46.2 Å². The number of nitrogens with zero attached hydrogens (tertiary/aromatic N) is 1. The minimum absolute atomic E-state index is 0.0685. The molecule has 1 aliphatic rings. The molecule has 0 aromatic heterocycles.